The zero-order chi connectivity index (χ0) is 15.6. The smallest absolute Gasteiger partial charge is 0.338 e. The second-order valence-corrected chi connectivity index (χ2v) is 6.09. The highest BCUT2D eigenvalue weighted by atomic mass is 32.2. The average Bonchev–Trinajstić information content (AvgIpc) is 3.20. The van der Waals surface area contributed by atoms with Crippen molar-refractivity contribution in [2.45, 2.75) is 17.6 Å². The average molecular weight is 316 g/mol. The number of hydrogen-bond donors (Lipinski definition) is 3. The fourth-order valence-electron chi connectivity index (χ4n) is 1.81. The third-order valence-corrected chi connectivity index (χ3v) is 4.77. The maximum Gasteiger partial charge on any atom is 0.338 e. The van der Waals surface area contributed by atoms with Crippen molar-refractivity contribution in [3.8, 4) is 0 Å². The molecule has 0 spiro atoms. The topological polar surface area (TPSA) is 78.4 Å². The molecule has 5 nitrogen and oxygen atoms in total. The van der Waals surface area contributed by atoms with E-state index >= 15 is 0 Å². The van der Waals surface area contributed by atoms with Crippen LogP contribution in [0.1, 0.15) is 23.2 Å². The Labute approximate surface area is 124 Å². The van der Waals surface area contributed by atoms with E-state index < -0.39 is 29.2 Å². The molecule has 0 saturated heterocycles. The molecule has 1 saturated carbocycles. The Kier molecular flexibility index (Phi) is 4.36. The number of benzene rings is 1. The van der Waals surface area contributed by atoms with Crippen LogP contribution in [0.4, 0.5) is 19.3 Å². The Morgan fingerprint density at radius 1 is 1.33 bits per heavy atom. The zero-order valence-corrected chi connectivity index (χ0v) is 12.0. The highest BCUT2D eigenvalue weighted by Gasteiger charge is 2.41. The minimum absolute atomic E-state index is 0.0465. The molecule has 0 aromatic heterocycles. The summed E-state index contributed by atoms with van der Waals surface area (Å²) in [6, 6.07) is 0.536. The third kappa shape index (κ3) is 3.63. The van der Waals surface area contributed by atoms with E-state index in [1.54, 1.807) is 11.8 Å². The number of carbonyl (C=O) groups is 2. The van der Waals surface area contributed by atoms with Gasteiger partial charge in [0.25, 0.3) is 0 Å². The molecule has 1 fully saturated rings. The first-order valence-corrected chi connectivity index (χ1v) is 7.42. The molecule has 1 aromatic carbocycles. The number of urea groups is 1. The van der Waals surface area contributed by atoms with Crippen LogP contribution in [0.25, 0.3) is 0 Å². The molecule has 8 heteroatoms. The number of amides is 2. The maximum absolute atomic E-state index is 13.5. The first-order valence-electron chi connectivity index (χ1n) is 6.19. The van der Waals surface area contributed by atoms with Crippen molar-refractivity contribution < 1.29 is 23.5 Å². The number of carboxylic acids is 1. The van der Waals surface area contributed by atoms with Gasteiger partial charge >= 0.3 is 12.0 Å². The van der Waals surface area contributed by atoms with Crippen LogP contribution in [0.15, 0.2) is 12.1 Å². The Morgan fingerprint density at radius 3 is 2.52 bits per heavy atom. The molecule has 2 rings (SSSR count). The van der Waals surface area contributed by atoms with Crippen LogP contribution in [-0.4, -0.2) is 34.7 Å². The van der Waals surface area contributed by atoms with Crippen molar-refractivity contribution in [3.63, 3.8) is 0 Å². The molecule has 0 unspecified atom stereocenters. The zero-order valence-electron chi connectivity index (χ0n) is 11.2. The summed E-state index contributed by atoms with van der Waals surface area (Å²) in [6.45, 7) is 0.439. The van der Waals surface area contributed by atoms with Crippen molar-refractivity contribution in [2.75, 3.05) is 18.1 Å². The van der Waals surface area contributed by atoms with Crippen LogP contribution in [0.3, 0.4) is 0 Å². The first-order chi connectivity index (χ1) is 9.87. The number of rotatable bonds is 5. The lowest BCUT2D eigenvalue weighted by atomic mass is 10.2. The molecular weight excluding hydrogens is 302 g/mol. The lowest BCUT2D eigenvalue weighted by Gasteiger charge is -2.14. The van der Waals surface area contributed by atoms with E-state index in [0.29, 0.717) is 12.6 Å². The molecule has 21 heavy (non-hydrogen) atoms. The summed E-state index contributed by atoms with van der Waals surface area (Å²) in [5, 5.41) is 13.6. The Balaban J connectivity index is 2.03. The van der Waals surface area contributed by atoms with E-state index in [0.717, 1.165) is 18.9 Å². The van der Waals surface area contributed by atoms with Crippen LogP contribution in [0.5, 0.6) is 0 Å². The van der Waals surface area contributed by atoms with Gasteiger partial charge in [0.05, 0.1) is 11.3 Å². The highest BCUT2D eigenvalue weighted by molar-refractivity contribution is 8.00. The second kappa shape index (κ2) is 5.88. The van der Waals surface area contributed by atoms with E-state index in [1.165, 1.54) is 0 Å². The van der Waals surface area contributed by atoms with Crippen molar-refractivity contribution in [1.29, 1.82) is 0 Å². The quantitative estimate of drug-likeness (QED) is 0.780. The van der Waals surface area contributed by atoms with Gasteiger partial charge in [-0.05, 0) is 25.2 Å². The fourth-order valence-corrected chi connectivity index (χ4v) is 2.54. The molecule has 114 valence electrons. The largest absolute Gasteiger partial charge is 0.478 e. The van der Waals surface area contributed by atoms with Crippen molar-refractivity contribution in [2.24, 2.45) is 0 Å². The van der Waals surface area contributed by atoms with Gasteiger partial charge in [-0.3, -0.25) is 0 Å². The third-order valence-electron chi connectivity index (χ3n) is 3.35. The molecule has 0 heterocycles. The van der Waals surface area contributed by atoms with Gasteiger partial charge in [-0.25, -0.2) is 18.4 Å². The minimum atomic E-state index is -1.53. The Morgan fingerprint density at radius 2 is 2.00 bits per heavy atom. The van der Waals surface area contributed by atoms with Crippen molar-refractivity contribution >= 4 is 29.4 Å². The number of thioether (sulfide) groups is 1. The minimum Gasteiger partial charge on any atom is -0.478 e. The van der Waals surface area contributed by atoms with Crippen LogP contribution in [0.2, 0.25) is 0 Å². The molecular formula is C13H14F2N2O3S. The predicted molar refractivity (Wildman–Crippen MR) is 75.8 cm³/mol. The molecule has 1 aliphatic rings. The van der Waals surface area contributed by atoms with Crippen molar-refractivity contribution in [1.82, 2.24) is 5.32 Å². The van der Waals surface area contributed by atoms with Gasteiger partial charge in [-0.15, -0.1) is 0 Å². The van der Waals surface area contributed by atoms with E-state index in [4.69, 9.17) is 5.11 Å². The van der Waals surface area contributed by atoms with Gasteiger partial charge in [0.2, 0.25) is 0 Å². The lowest BCUT2D eigenvalue weighted by Crippen LogP contribution is -2.35. The number of carboxylic acid groups (broad SMARTS) is 1. The van der Waals surface area contributed by atoms with Gasteiger partial charge in [0.15, 0.2) is 0 Å². The second-order valence-electron chi connectivity index (χ2n) is 4.81. The molecule has 3 N–H and O–H groups in total. The number of aromatic carboxylic acids is 1. The highest BCUT2D eigenvalue weighted by Crippen LogP contribution is 2.46. The van der Waals surface area contributed by atoms with E-state index in [9.17, 15) is 18.4 Å². The summed E-state index contributed by atoms with van der Waals surface area (Å²) in [6.07, 6.45) is 3.95. The van der Waals surface area contributed by atoms with Gasteiger partial charge in [-0.2, -0.15) is 11.8 Å². The van der Waals surface area contributed by atoms with Crippen LogP contribution >= 0.6 is 11.8 Å². The molecule has 0 atom stereocenters. The van der Waals surface area contributed by atoms with Crippen LogP contribution < -0.4 is 10.6 Å². The van der Waals surface area contributed by atoms with Gasteiger partial charge < -0.3 is 15.7 Å². The van der Waals surface area contributed by atoms with E-state index in [1.807, 2.05) is 6.26 Å². The van der Waals surface area contributed by atoms with Crippen molar-refractivity contribution in [3.05, 3.63) is 29.3 Å². The van der Waals surface area contributed by atoms with E-state index in [-0.39, 0.29) is 10.4 Å². The lowest BCUT2D eigenvalue weighted by molar-refractivity contribution is 0.0692. The Bertz CT molecular complexity index is 591. The molecule has 1 aliphatic carbocycles. The number of hydrogen-bond acceptors (Lipinski definition) is 3. The van der Waals surface area contributed by atoms with Crippen LogP contribution in [0, 0.1) is 11.6 Å². The summed E-state index contributed by atoms with van der Waals surface area (Å²) in [5.41, 5.74) is -1.07. The van der Waals surface area contributed by atoms with Gasteiger partial charge in [0.1, 0.15) is 11.6 Å². The summed E-state index contributed by atoms with van der Waals surface area (Å²) in [5.74, 6) is -3.75. The monoisotopic (exact) mass is 316 g/mol. The normalized spacial score (nSPS) is 15.4. The van der Waals surface area contributed by atoms with E-state index in [2.05, 4.69) is 10.6 Å². The molecule has 0 radical (unpaired) electrons. The fraction of sp³-hybridized carbons (Fsp3) is 0.385. The number of carbonyl (C=O) groups excluding carboxylic acids is 1. The van der Waals surface area contributed by atoms with Gasteiger partial charge in [-0.1, -0.05) is 0 Å². The summed E-state index contributed by atoms with van der Waals surface area (Å²) in [4.78, 5) is 22.5. The first kappa shape index (κ1) is 15.6. The maximum atomic E-state index is 13.5. The van der Waals surface area contributed by atoms with Crippen LogP contribution in [-0.2, 0) is 0 Å². The molecule has 0 aliphatic heterocycles. The summed E-state index contributed by atoms with van der Waals surface area (Å²) in [7, 11) is 0. The Hall–Kier alpha value is -1.83. The number of halogens is 2. The molecule has 1 aromatic rings. The standard InChI is InChI=1S/C13H14F2N2O3S/c1-21-13(2-3-13)6-16-12(20)17-10-4-7(11(18)19)8(14)5-9(10)15/h4-5H,2-3,6H2,1H3,(H,18,19)(H2,16,17,20). The molecule has 0 bridgehead atoms. The molecule has 2 amide bonds. The summed E-state index contributed by atoms with van der Waals surface area (Å²) < 4.78 is 26.8. The van der Waals surface area contributed by atoms with Gasteiger partial charge in [0, 0.05) is 17.4 Å². The number of nitrogens with one attached hydrogen (secondary N) is 2. The predicted octanol–water partition coefficient (Wildman–Crippen LogP) is 2.68. The number of anilines is 1. The SMILES string of the molecule is CSC1(CNC(=O)Nc2cc(C(=O)O)c(F)cc2F)CC1. The summed E-state index contributed by atoms with van der Waals surface area (Å²) >= 11 is 1.65.